The first-order valence-corrected chi connectivity index (χ1v) is 8.79. The van der Waals surface area contributed by atoms with E-state index in [1.165, 1.54) is 6.92 Å². The molecule has 3 rings (SSSR count). The summed E-state index contributed by atoms with van der Waals surface area (Å²) in [7, 11) is 0. The molecule has 6 heteroatoms. The van der Waals surface area contributed by atoms with Crippen LogP contribution in [0.1, 0.15) is 30.5 Å². The Morgan fingerprint density at radius 2 is 1.67 bits per heavy atom. The maximum atomic E-state index is 12.6. The number of hydrogen-bond acceptors (Lipinski definition) is 3. The highest BCUT2D eigenvalue weighted by atomic mass is 16.2. The number of rotatable bonds is 7. The van der Waals surface area contributed by atoms with Crippen molar-refractivity contribution < 1.29 is 9.59 Å². The summed E-state index contributed by atoms with van der Waals surface area (Å²) in [6.45, 7) is 2.01. The molecule has 0 spiro atoms. The van der Waals surface area contributed by atoms with Crippen molar-refractivity contribution in [1.82, 2.24) is 15.1 Å². The number of hydrogen-bond donors (Lipinski definition) is 2. The van der Waals surface area contributed by atoms with Gasteiger partial charge in [0, 0.05) is 13.0 Å². The molecular formula is C21H22N4O2. The Morgan fingerprint density at radius 3 is 2.33 bits per heavy atom. The van der Waals surface area contributed by atoms with Gasteiger partial charge in [-0.25, -0.2) is 4.68 Å². The van der Waals surface area contributed by atoms with Crippen molar-refractivity contribution in [3.8, 4) is 0 Å². The fourth-order valence-corrected chi connectivity index (χ4v) is 2.88. The topological polar surface area (TPSA) is 76.0 Å². The van der Waals surface area contributed by atoms with Crippen LogP contribution in [-0.4, -0.2) is 21.6 Å². The van der Waals surface area contributed by atoms with E-state index >= 15 is 0 Å². The molecular weight excluding hydrogens is 340 g/mol. The van der Waals surface area contributed by atoms with Gasteiger partial charge in [-0.3, -0.25) is 9.59 Å². The van der Waals surface area contributed by atoms with Crippen molar-refractivity contribution in [1.29, 1.82) is 0 Å². The molecule has 2 N–H and O–H groups in total. The number of carbonyl (C=O) groups is 2. The maximum Gasteiger partial charge on any atom is 0.227 e. The summed E-state index contributed by atoms with van der Waals surface area (Å²) in [5.74, 6) is 0.261. The first kappa shape index (κ1) is 18.4. The van der Waals surface area contributed by atoms with E-state index in [4.69, 9.17) is 0 Å². The highest BCUT2D eigenvalue weighted by Crippen LogP contribution is 2.18. The lowest BCUT2D eigenvalue weighted by Crippen LogP contribution is -2.30. The SMILES string of the molecule is CC(=O)N[C@@H](CC(=O)Nc1ccnn1Cc1ccccc1)c1ccccc1. The quantitative estimate of drug-likeness (QED) is 0.678. The smallest absolute Gasteiger partial charge is 0.227 e. The maximum absolute atomic E-state index is 12.6. The Hall–Kier alpha value is -3.41. The number of carbonyl (C=O) groups excluding carboxylic acids is 2. The molecule has 0 unspecified atom stereocenters. The minimum atomic E-state index is -0.380. The van der Waals surface area contributed by atoms with E-state index in [9.17, 15) is 9.59 Å². The van der Waals surface area contributed by atoms with Crippen LogP contribution >= 0.6 is 0 Å². The summed E-state index contributed by atoms with van der Waals surface area (Å²) in [5.41, 5.74) is 1.98. The molecule has 2 amide bonds. The van der Waals surface area contributed by atoms with Gasteiger partial charge in [0.25, 0.3) is 0 Å². The lowest BCUT2D eigenvalue weighted by Gasteiger charge is -2.18. The van der Waals surface area contributed by atoms with Gasteiger partial charge in [0.1, 0.15) is 5.82 Å². The zero-order valence-electron chi connectivity index (χ0n) is 15.1. The average Bonchev–Trinajstić information content (AvgIpc) is 3.09. The van der Waals surface area contributed by atoms with Crippen molar-refractivity contribution in [2.24, 2.45) is 0 Å². The monoisotopic (exact) mass is 362 g/mol. The largest absolute Gasteiger partial charge is 0.349 e. The molecule has 2 aromatic carbocycles. The highest BCUT2D eigenvalue weighted by Gasteiger charge is 2.18. The van der Waals surface area contributed by atoms with Crippen LogP contribution in [0.3, 0.4) is 0 Å². The Kier molecular flexibility index (Phi) is 5.99. The molecule has 138 valence electrons. The Balaban J connectivity index is 1.68. The van der Waals surface area contributed by atoms with Gasteiger partial charge in [-0.2, -0.15) is 5.10 Å². The number of nitrogens with zero attached hydrogens (tertiary/aromatic N) is 2. The molecule has 0 saturated carbocycles. The molecule has 0 radical (unpaired) electrons. The van der Waals surface area contributed by atoms with Crippen LogP contribution in [0.5, 0.6) is 0 Å². The number of benzene rings is 2. The van der Waals surface area contributed by atoms with Gasteiger partial charge < -0.3 is 10.6 Å². The van der Waals surface area contributed by atoms with E-state index in [1.54, 1.807) is 16.9 Å². The van der Waals surface area contributed by atoms with Crippen LogP contribution in [0.25, 0.3) is 0 Å². The van der Waals surface area contributed by atoms with E-state index in [-0.39, 0.29) is 24.3 Å². The van der Waals surface area contributed by atoms with E-state index < -0.39 is 0 Å². The van der Waals surface area contributed by atoms with Crippen molar-refractivity contribution >= 4 is 17.6 Å². The molecule has 0 aliphatic rings. The lowest BCUT2D eigenvalue weighted by molar-refractivity contribution is -0.120. The normalized spacial score (nSPS) is 11.6. The number of nitrogens with one attached hydrogen (secondary N) is 2. The zero-order chi connectivity index (χ0) is 19.1. The van der Waals surface area contributed by atoms with Crippen molar-refractivity contribution in [3.05, 3.63) is 84.1 Å². The zero-order valence-corrected chi connectivity index (χ0v) is 15.1. The van der Waals surface area contributed by atoms with Crippen molar-refractivity contribution in [2.45, 2.75) is 25.9 Å². The molecule has 0 aliphatic heterocycles. The number of anilines is 1. The molecule has 6 nitrogen and oxygen atoms in total. The van der Waals surface area contributed by atoms with Crippen LogP contribution in [0.4, 0.5) is 5.82 Å². The van der Waals surface area contributed by atoms with Gasteiger partial charge in [0.15, 0.2) is 0 Å². The third kappa shape index (κ3) is 5.28. The number of amides is 2. The van der Waals surface area contributed by atoms with Gasteiger partial charge in [0.2, 0.25) is 11.8 Å². The second-order valence-electron chi connectivity index (χ2n) is 6.28. The predicted octanol–water partition coefficient (Wildman–Crippen LogP) is 3.14. The Labute approximate surface area is 158 Å². The standard InChI is InChI=1S/C21H22N4O2/c1-16(26)23-19(18-10-6-3-7-11-18)14-21(27)24-20-12-13-22-25(20)15-17-8-4-2-5-9-17/h2-13,19H,14-15H2,1H3,(H,23,26)(H,24,27)/t19-/m0/s1. The fourth-order valence-electron chi connectivity index (χ4n) is 2.88. The average molecular weight is 362 g/mol. The van der Waals surface area contributed by atoms with Gasteiger partial charge in [-0.15, -0.1) is 0 Å². The molecule has 1 heterocycles. The molecule has 0 fully saturated rings. The summed E-state index contributed by atoms with van der Waals surface area (Å²) in [6, 6.07) is 20.8. The first-order valence-electron chi connectivity index (χ1n) is 8.79. The highest BCUT2D eigenvalue weighted by molar-refractivity contribution is 5.90. The first-order chi connectivity index (χ1) is 13.1. The second-order valence-corrected chi connectivity index (χ2v) is 6.28. The van der Waals surface area contributed by atoms with Crippen molar-refractivity contribution in [2.75, 3.05) is 5.32 Å². The summed E-state index contributed by atoms with van der Waals surface area (Å²) in [6.07, 6.45) is 1.79. The van der Waals surface area contributed by atoms with Crippen LogP contribution in [0, 0.1) is 0 Å². The predicted molar refractivity (Wildman–Crippen MR) is 104 cm³/mol. The van der Waals surface area contributed by atoms with Crippen LogP contribution in [0.2, 0.25) is 0 Å². The lowest BCUT2D eigenvalue weighted by atomic mass is 10.0. The molecule has 3 aromatic rings. The second kappa shape index (κ2) is 8.80. The van der Waals surface area contributed by atoms with Crippen molar-refractivity contribution in [3.63, 3.8) is 0 Å². The van der Waals surface area contributed by atoms with Crippen LogP contribution < -0.4 is 10.6 Å². The third-order valence-electron chi connectivity index (χ3n) is 4.13. The van der Waals surface area contributed by atoms with Crippen LogP contribution in [-0.2, 0) is 16.1 Å². The van der Waals surface area contributed by atoms with Crippen LogP contribution in [0.15, 0.2) is 72.9 Å². The minimum absolute atomic E-state index is 0.139. The van der Waals surface area contributed by atoms with Gasteiger partial charge in [-0.05, 0) is 11.1 Å². The summed E-state index contributed by atoms with van der Waals surface area (Å²) in [4.78, 5) is 24.1. The summed E-state index contributed by atoms with van der Waals surface area (Å²) in [5, 5.41) is 10.0. The van der Waals surface area contributed by atoms with Gasteiger partial charge in [0.05, 0.1) is 25.2 Å². The van der Waals surface area contributed by atoms with Gasteiger partial charge >= 0.3 is 0 Å². The Morgan fingerprint density at radius 1 is 1.00 bits per heavy atom. The molecule has 1 atom stereocenters. The molecule has 0 bridgehead atoms. The van der Waals surface area contributed by atoms with Gasteiger partial charge in [-0.1, -0.05) is 60.7 Å². The van der Waals surface area contributed by atoms with E-state index in [0.717, 1.165) is 11.1 Å². The third-order valence-corrected chi connectivity index (χ3v) is 4.13. The minimum Gasteiger partial charge on any atom is -0.349 e. The molecule has 27 heavy (non-hydrogen) atoms. The molecule has 1 aromatic heterocycles. The number of aromatic nitrogens is 2. The summed E-state index contributed by atoms with van der Waals surface area (Å²) >= 11 is 0. The Bertz CT molecular complexity index is 891. The van der Waals surface area contributed by atoms with E-state index in [2.05, 4.69) is 15.7 Å². The summed E-state index contributed by atoms with van der Waals surface area (Å²) < 4.78 is 1.74. The molecule has 0 aliphatic carbocycles. The van der Waals surface area contributed by atoms with E-state index in [0.29, 0.717) is 12.4 Å². The van der Waals surface area contributed by atoms with E-state index in [1.807, 2.05) is 60.7 Å². The molecule has 0 saturated heterocycles. The fraction of sp³-hybridized carbons (Fsp3) is 0.190.